The lowest BCUT2D eigenvalue weighted by Crippen LogP contribution is -2.52. The van der Waals surface area contributed by atoms with Gasteiger partial charge in [-0.1, -0.05) is 0 Å². The van der Waals surface area contributed by atoms with E-state index in [1.165, 1.54) is 0 Å². The highest BCUT2D eigenvalue weighted by Gasteiger charge is 2.27. The van der Waals surface area contributed by atoms with Crippen molar-refractivity contribution in [2.24, 2.45) is 5.92 Å². The standard InChI is InChI=1S/C9H16FN3O.ClH/c10-7-1-8(12-4-7)5-13-9(14)6-2-11-3-6;/h6-8,11-12H,1-5H2,(H,13,14);1H/t7-,8-;/m0./s1. The number of carbonyl (C=O) groups excluding carboxylic acids is 1. The predicted octanol–water partition coefficient (Wildman–Crippen LogP) is -0.556. The third-order valence-electron chi connectivity index (χ3n) is 2.84. The van der Waals surface area contributed by atoms with Crippen LogP contribution in [0.25, 0.3) is 0 Å². The molecule has 0 aromatic heterocycles. The molecule has 15 heavy (non-hydrogen) atoms. The molecule has 4 nitrogen and oxygen atoms in total. The van der Waals surface area contributed by atoms with Gasteiger partial charge in [-0.2, -0.15) is 0 Å². The molecule has 2 fully saturated rings. The van der Waals surface area contributed by atoms with Crippen LogP contribution in [0.1, 0.15) is 6.42 Å². The van der Waals surface area contributed by atoms with Crippen LogP contribution in [0.3, 0.4) is 0 Å². The van der Waals surface area contributed by atoms with Gasteiger partial charge in [0, 0.05) is 32.2 Å². The molecular weight excluding hydrogens is 221 g/mol. The molecule has 0 unspecified atom stereocenters. The minimum Gasteiger partial charge on any atom is -0.354 e. The molecule has 0 saturated carbocycles. The summed E-state index contributed by atoms with van der Waals surface area (Å²) in [5.74, 6) is 0.213. The van der Waals surface area contributed by atoms with Gasteiger partial charge < -0.3 is 16.0 Å². The average Bonchev–Trinajstić information content (AvgIpc) is 2.45. The molecular formula is C9H17ClFN3O. The molecule has 0 aromatic carbocycles. The lowest BCUT2D eigenvalue weighted by Gasteiger charge is -2.26. The van der Waals surface area contributed by atoms with Crippen molar-refractivity contribution in [2.75, 3.05) is 26.2 Å². The van der Waals surface area contributed by atoms with Gasteiger partial charge in [-0.05, 0) is 6.42 Å². The summed E-state index contributed by atoms with van der Waals surface area (Å²) >= 11 is 0. The monoisotopic (exact) mass is 237 g/mol. The zero-order valence-corrected chi connectivity index (χ0v) is 9.28. The van der Waals surface area contributed by atoms with Crippen molar-refractivity contribution in [2.45, 2.75) is 18.6 Å². The summed E-state index contributed by atoms with van der Waals surface area (Å²) in [5.41, 5.74) is 0. The average molecular weight is 238 g/mol. The van der Waals surface area contributed by atoms with Crippen LogP contribution < -0.4 is 16.0 Å². The Balaban J connectivity index is 0.00000112. The van der Waals surface area contributed by atoms with Crippen LogP contribution in [-0.2, 0) is 4.79 Å². The lowest BCUT2D eigenvalue weighted by atomic mass is 10.0. The van der Waals surface area contributed by atoms with Gasteiger partial charge in [0.2, 0.25) is 5.91 Å². The summed E-state index contributed by atoms with van der Waals surface area (Å²) in [4.78, 5) is 11.4. The fourth-order valence-electron chi connectivity index (χ4n) is 1.77. The molecule has 2 aliphatic rings. The van der Waals surface area contributed by atoms with Crippen molar-refractivity contribution in [3.63, 3.8) is 0 Å². The molecule has 0 bridgehead atoms. The normalized spacial score (nSPS) is 30.5. The van der Waals surface area contributed by atoms with Gasteiger partial charge in [0.25, 0.3) is 0 Å². The summed E-state index contributed by atoms with van der Waals surface area (Å²) in [6.45, 7) is 2.52. The summed E-state index contributed by atoms with van der Waals surface area (Å²) in [6, 6.07) is 0.113. The Hall–Kier alpha value is -0.390. The van der Waals surface area contributed by atoms with E-state index in [0.717, 1.165) is 13.1 Å². The third kappa shape index (κ3) is 3.29. The van der Waals surface area contributed by atoms with E-state index in [2.05, 4.69) is 16.0 Å². The first-order valence-electron chi connectivity index (χ1n) is 5.11. The summed E-state index contributed by atoms with van der Waals surface area (Å²) < 4.78 is 12.7. The maximum atomic E-state index is 12.7. The van der Waals surface area contributed by atoms with Gasteiger partial charge in [-0.25, -0.2) is 4.39 Å². The maximum Gasteiger partial charge on any atom is 0.225 e. The van der Waals surface area contributed by atoms with E-state index >= 15 is 0 Å². The van der Waals surface area contributed by atoms with E-state index in [-0.39, 0.29) is 30.3 Å². The maximum absolute atomic E-state index is 12.7. The SMILES string of the molecule is Cl.O=C(NC[C@@H]1C[C@H](F)CN1)C1CNC1. The predicted molar refractivity (Wildman–Crippen MR) is 57.9 cm³/mol. The number of nitrogens with one attached hydrogen (secondary N) is 3. The van der Waals surface area contributed by atoms with E-state index in [1.807, 2.05) is 0 Å². The zero-order chi connectivity index (χ0) is 9.97. The first-order valence-corrected chi connectivity index (χ1v) is 5.11. The highest BCUT2D eigenvalue weighted by Crippen LogP contribution is 2.09. The summed E-state index contributed by atoms with van der Waals surface area (Å²) in [5, 5.41) is 8.91. The van der Waals surface area contributed by atoms with Crippen LogP contribution in [-0.4, -0.2) is 44.3 Å². The number of amides is 1. The molecule has 1 amide bonds. The molecule has 0 aliphatic carbocycles. The fraction of sp³-hybridized carbons (Fsp3) is 0.889. The van der Waals surface area contributed by atoms with Gasteiger partial charge in [-0.3, -0.25) is 4.79 Å². The molecule has 0 aromatic rings. The first-order chi connectivity index (χ1) is 6.75. The molecule has 88 valence electrons. The van der Waals surface area contributed by atoms with Crippen LogP contribution in [0.4, 0.5) is 4.39 Å². The van der Waals surface area contributed by atoms with E-state index < -0.39 is 6.17 Å². The van der Waals surface area contributed by atoms with Crippen molar-refractivity contribution in [1.29, 1.82) is 0 Å². The number of halogens is 2. The number of carbonyl (C=O) groups is 1. The second-order valence-corrected chi connectivity index (χ2v) is 4.04. The molecule has 2 rings (SSSR count). The molecule has 0 spiro atoms. The number of alkyl halides is 1. The van der Waals surface area contributed by atoms with Gasteiger partial charge in [0.1, 0.15) is 6.17 Å². The number of hydrogen-bond donors (Lipinski definition) is 3. The molecule has 2 aliphatic heterocycles. The minimum absolute atomic E-state index is 0. The van der Waals surface area contributed by atoms with Gasteiger partial charge in [-0.15, -0.1) is 12.4 Å². The molecule has 2 saturated heterocycles. The van der Waals surface area contributed by atoms with E-state index in [9.17, 15) is 9.18 Å². The fourth-order valence-corrected chi connectivity index (χ4v) is 1.77. The Labute approximate surface area is 94.8 Å². The Morgan fingerprint density at radius 1 is 1.40 bits per heavy atom. The van der Waals surface area contributed by atoms with Crippen LogP contribution in [0, 0.1) is 5.92 Å². The second-order valence-electron chi connectivity index (χ2n) is 4.04. The lowest BCUT2D eigenvalue weighted by molar-refractivity contribution is -0.126. The molecule has 6 heteroatoms. The largest absolute Gasteiger partial charge is 0.354 e. The summed E-state index contributed by atoms with van der Waals surface area (Å²) in [6.07, 6.45) is -0.231. The van der Waals surface area contributed by atoms with Gasteiger partial charge in [0.15, 0.2) is 0 Å². The smallest absolute Gasteiger partial charge is 0.225 e. The third-order valence-corrected chi connectivity index (χ3v) is 2.84. The Kier molecular flexibility index (Phi) is 4.76. The highest BCUT2D eigenvalue weighted by atomic mass is 35.5. The Morgan fingerprint density at radius 2 is 2.13 bits per heavy atom. The highest BCUT2D eigenvalue weighted by molar-refractivity contribution is 5.85. The molecule has 0 radical (unpaired) electrons. The quantitative estimate of drug-likeness (QED) is 0.617. The Bertz CT molecular complexity index is 225. The zero-order valence-electron chi connectivity index (χ0n) is 8.46. The van der Waals surface area contributed by atoms with Crippen molar-refractivity contribution in [3.05, 3.63) is 0 Å². The summed E-state index contributed by atoms with van der Waals surface area (Å²) in [7, 11) is 0. The van der Waals surface area contributed by atoms with Crippen molar-refractivity contribution >= 4 is 18.3 Å². The first kappa shape index (κ1) is 12.7. The van der Waals surface area contributed by atoms with Crippen LogP contribution in [0.5, 0.6) is 0 Å². The molecule has 2 heterocycles. The van der Waals surface area contributed by atoms with Gasteiger partial charge in [0.05, 0.1) is 5.92 Å². The number of hydrogen-bond acceptors (Lipinski definition) is 3. The van der Waals surface area contributed by atoms with Crippen molar-refractivity contribution in [3.8, 4) is 0 Å². The Morgan fingerprint density at radius 3 is 2.60 bits per heavy atom. The minimum atomic E-state index is -0.748. The second kappa shape index (κ2) is 5.63. The molecule has 3 N–H and O–H groups in total. The van der Waals surface area contributed by atoms with Crippen LogP contribution in [0.2, 0.25) is 0 Å². The van der Waals surface area contributed by atoms with E-state index in [1.54, 1.807) is 0 Å². The topological polar surface area (TPSA) is 53.2 Å². The van der Waals surface area contributed by atoms with Crippen molar-refractivity contribution in [1.82, 2.24) is 16.0 Å². The van der Waals surface area contributed by atoms with E-state index in [0.29, 0.717) is 19.5 Å². The van der Waals surface area contributed by atoms with E-state index in [4.69, 9.17) is 0 Å². The number of rotatable bonds is 3. The van der Waals surface area contributed by atoms with Crippen molar-refractivity contribution < 1.29 is 9.18 Å². The van der Waals surface area contributed by atoms with Gasteiger partial charge >= 0.3 is 0 Å². The molecule has 2 atom stereocenters. The van der Waals surface area contributed by atoms with Crippen LogP contribution in [0.15, 0.2) is 0 Å². The van der Waals surface area contributed by atoms with Crippen LogP contribution >= 0.6 is 12.4 Å².